The smallest absolute Gasteiger partial charge is 0.410 e. The molecule has 10 heteroatoms. The van der Waals surface area contributed by atoms with Gasteiger partial charge < -0.3 is 19.1 Å². The molecule has 3 aromatic rings. The molecule has 0 unspecified atom stereocenters. The number of carbonyl (C=O) groups excluding carboxylic acids is 1. The summed E-state index contributed by atoms with van der Waals surface area (Å²) in [5, 5.41) is 0.579. The summed E-state index contributed by atoms with van der Waals surface area (Å²) in [4.78, 5) is 27.0. The van der Waals surface area contributed by atoms with E-state index in [9.17, 15) is 4.79 Å². The molecule has 3 heterocycles. The molecule has 0 radical (unpaired) electrons. The number of carbonyl (C=O) groups is 1. The van der Waals surface area contributed by atoms with Gasteiger partial charge in [0.2, 0.25) is 11.8 Å². The van der Waals surface area contributed by atoms with Crippen LogP contribution >= 0.6 is 27.5 Å². The average Bonchev–Trinajstić information content (AvgIpc) is 3.19. The van der Waals surface area contributed by atoms with Gasteiger partial charge in [0.25, 0.3) is 0 Å². The van der Waals surface area contributed by atoms with Crippen molar-refractivity contribution in [3.63, 3.8) is 0 Å². The zero-order valence-electron chi connectivity index (χ0n) is 17.8. The Hall–Kier alpha value is -2.65. The summed E-state index contributed by atoms with van der Waals surface area (Å²) in [7, 11) is 0. The van der Waals surface area contributed by atoms with E-state index < -0.39 is 5.60 Å². The molecule has 1 fully saturated rings. The van der Waals surface area contributed by atoms with E-state index in [1.165, 1.54) is 6.33 Å². The Kier molecular flexibility index (Phi) is 6.39. The third-order valence-corrected chi connectivity index (χ3v) is 5.83. The van der Waals surface area contributed by atoms with Gasteiger partial charge in [-0.2, -0.15) is 4.98 Å². The molecule has 0 N–H and O–H groups in total. The fraction of sp³-hybridized carbons (Fsp3) is 0.364. The summed E-state index contributed by atoms with van der Waals surface area (Å²) < 4.78 is 18.1. The van der Waals surface area contributed by atoms with E-state index in [0.717, 1.165) is 0 Å². The van der Waals surface area contributed by atoms with Gasteiger partial charge in [-0.05, 0) is 61.0 Å². The van der Waals surface area contributed by atoms with Gasteiger partial charge in [0, 0.05) is 23.5 Å². The van der Waals surface area contributed by atoms with Gasteiger partial charge in [-0.1, -0.05) is 11.6 Å². The van der Waals surface area contributed by atoms with Crippen LogP contribution in [0.4, 0.5) is 4.79 Å². The zero-order valence-corrected chi connectivity index (χ0v) is 20.2. The number of rotatable bonds is 4. The SMILES string of the molecule is CC(C)(C)OC(=O)N1CC[C@H](Oc2ccc3ncnc(Oc4ccc(Cl)c(Br)c4)c3n2)C1. The molecule has 0 saturated carbocycles. The van der Waals surface area contributed by atoms with Gasteiger partial charge in [-0.15, -0.1) is 0 Å². The molecule has 1 aromatic carbocycles. The Balaban J connectivity index is 1.49. The van der Waals surface area contributed by atoms with Crippen molar-refractivity contribution in [2.24, 2.45) is 0 Å². The van der Waals surface area contributed by atoms with Gasteiger partial charge in [0.05, 0.1) is 17.1 Å². The Morgan fingerprint density at radius 3 is 2.78 bits per heavy atom. The van der Waals surface area contributed by atoms with Crippen molar-refractivity contribution in [1.29, 1.82) is 0 Å². The first kappa shape index (κ1) is 22.5. The summed E-state index contributed by atoms with van der Waals surface area (Å²) in [5.41, 5.74) is 0.557. The van der Waals surface area contributed by atoms with Crippen molar-refractivity contribution in [1.82, 2.24) is 19.9 Å². The molecule has 32 heavy (non-hydrogen) atoms. The van der Waals surface area contributed by atoms with Crippen molar-refractivity contribution < 1.29 is 19.0 Å². The van der Waals surface area contributed by atoms with E-state index in [1.807, 2.05) is 20.8 Å². The molecule has 1 atom stereocenters. The Labute approximate surface area is 199 Å². The van der Waals surface area contributed by atoms with Crippen molar-refractivity contribution in [2.45, 2.75) is 38.9 Å². The third kappa shape index (κ3) is 5.39. The highest BCUT2D eigenvalue weighted by Crippen LogP contribution is 2.32. The summed E-state index contributed by atoms with van der Waals surface area (Å²) in [5.74, 6) is 1.26. The Bertz CT molecular complexity index is 1150. The molecule has 0 bridgehead atoms. The normalized spacial score (nSPS) is 16.3. The van der Waals surface area contributed by atoms with Gasteiger partial charge >= 0.3 is 6.09 Å². The summed E-state index contributed by atoms with van der Waals surface area (Å²) in [6.07, 6.45) is 1.58. The molecule has 2 aromatic heterocycles. The number of pyridine rings is 1. The molecule has 1 aliphatic rings. The lowest BCUT2D eigenvalue weighted by molar-refractivity contribution is 0.0275. The van der Waals surface area contributed by atoms with E-state index in [1.54, 1.807) is 35.2 Å². The van der Waals surface area contributed by atoms with E-state index in [-0.39, 0.29) is 12.2 Å². The van der Waals surface area contributed by atoms with Crippen LogP contribution < -0.4 is 9.47 Å². The van der Waals surface area contributed by atoms with Crippen LogP contribution in [0.1, 0.15) is 27.2 Å². The number of fused-ring (bicyclic) bond motifs is 1. The number of likely N-dealkylation sites (tertiary alicyclic amines) is 1. The molecule has 0 aliphatic carbocycles. The maximum Gasteiger partial charge on any atom is 0.410 e. The largest absolute Gasteiger partial charge is 0.472 e. The molecule has 1 amide bonds. The van der Waals surface area contributed by atoms with Crippen LogP contribution in [0.3, 0.4) is 0 Å². The minimum Gasteiger partial charge on any atom is -0.472 e. The fourth-order valence-corrected chi connectivity index (χ4v) is 3.66. The van der Waals surface area contributed by atoms with Crippen LogP contribution in [-0.4, -0.2) is 50.7 Å². The minimum atomic E-state index is -0.536. The van der Waals surface area contributed by atoms with Crippen LogP contribution in [-0.2, 0) is 4.74 Å². The topological polar surface area (TPSA) is 86.7 Å². The van der Waals surface area contributed by atoms with E-state index in [2.05, 4.69) is 30.9 Å². The van der Waals surface area contributed by atoms with Gasteiger partial charge in [-0.3, -0.25) is 0 Å². The monoisotopic (exact) mass is 520 g/mol. The van der Waals surface area contributed by atoms with E-state index in [4.69, 9.17) is 25.8 Å². The Morgan fingerprint density at radius 2 is 2.03 bits per heavy atom. The van der Waals surface area contributed by atoms with E-state index >= 15 is 0 Å². The maximum atomic E-state index is 12.3. The highest BCUT2D eigenvalue weighted by molar-refractivity contribution is 9.10. The summed E-state index contributed by atoms with van der Waals surface area (Å²) in [6.45, 7) is 6.54. The molecule has 1 saturated heterocycles. The third-order valence-electron chi connectivity index (χ3n) is 4.61. The highest BCUT2D eigenvalue weighted by atomic mass is 79.9. The lowest BCUT2D eigenvalue weighted by Gasteiger charge is -2.24. The molecular formula is C22H22BrClN4O4. The second-order valence-corrected chi connectivity index (χ2v) is 9.59. The molecule has 1 aliphatic heterocycles. The number of benzene rings is 1. The maximum absolute atomic E-state index is 12.3. The van der Waals surface area contributed by atoms with Crippen molar-refractivity contribution in [2.75, 3.05) is 13.1 Å². The van der Waals surface area contributed by atoms with Crippen molar-refractivity contribution in [3.05, 3.63) is 46.2 Å². The fourth-order valence-electron chi connectivity index (χ4n) is 3.18. The number of ether oxygens (including phenoxy) is 3. The van der Waals surface area contributed by atoms with Crippen LogP contribution in [0.25, 0.3) is 11.0 Å². The van der Waals surface area contributed by atoms with Gasteiger partial charge in [0.1, 0.15) is 23.8 Å². The number of aromatic nitrogens is 3. The molecule has 4 rings (SSSR count). The van der Waals surface area contributed by atoms with Gasteiger partial charge in [0.15, 0.2) is 5.52 Å². The predicted molar refractivity (Wildman–Crippen MR) is 123 cm³/mol. The first-order valence-corrected chi connectivity index (χ1v) is 11.2. The Morgan fingerprint density at radius 1 is 1.22 bits per heavy atom. The average molecular weight is 522 g/mol. The first-order valence-electron chi connectivity index (χ1n) is 10.1. The number of amides is 1. The number of hydrogen-bond donors (Lipinski definition) is 0. The van der Waals surface area contributed by atoms with E-state index in [0.29, 0.717) is 57.5 Å². The number of nitrogens with zero attached hydrogens (tertiary/aromatic N) is 4. The number of hydrogen-bond acceptors (Lipinski definition) is 7. The summed E-state index contributed by atoms with van der Waals surface area (Å²) in [6, 6.07) is 8.76. The minimum absolute atomic E-state index is 0.186. The predicted octanol–water partition coefficient (Wildman–Crippen LogP) is 5.62. The zero-order chi connectivity index (χ0) is 22.9. The second-order valence-electron chi connectivity index (χ2n) is 8.33. The molecular weight excluding hydrogens is 500 g/mol. The molecule has 8 nitrogen and oxygen atoms in total. The van der Waals surface area contributed by atoms with Crippen molar-refractivity contribution >= 4 is 44.7 Å². The van der Waals surface area contributed by atoms with Crippen LogP contribution in [0, 0.1) is 0 Å². The van der Waals surface area contributed by atoms with Crippen LogP contribution in [0.15, 0.2) is 41.1 Å². The lowest BCUT2D eigenvalue weighted by Crippen LogP contribution is -2.36. The molecule has 168 valence electrons. The summed E-state index contributed by atoms with van der Waals surface area (Å²) >= 11 is 9.44. The number of halogens is 2. The second kappa shape index (κ2) is 9.07. The molecule has 0 spiro atoms. The quantitative estimate of drug-likeness (QED) is 0.440. The van der Waals surface area contributed by atoms with Crippen molar-refractivity contribution in [3.8, 4) is 17.5 Å². The lowest BCUT2D eigenvalue weighted by atomic mass is 10.2. The highest BCUT2D eigenvalue weighted by Gasteiger charge is 2.31. The van der Waals surface area contributed by atoms with Crippen LogP contribution in [0.5, 0.6) is 17.5 Å². The van der Waals surface area contributed by atoms with Gasteiger partial charge in [-0.25, -0.2) is 14.8 Å². The van der Waals surface area contributed by atoms with Crippen LogP contribution in [0.2, 0.25) is 5.02 Å². The standard InChI is InChI=1S/C22H22BrClN4O4/c1-22(2,3)32-21(29)28-9-8-14(11-28)30-18-7-6-17-19(27-18)20(26-12-25-17)31-13-4-5-16(24)15(23)10-13/h4-7,10,12,14H,8-9,11H2,1-3H3/t14-/m0/s1. The first-order chi connectivity index (χ1) is 15.2.